The highest BCUT2D eigenvalue weighted by Crippen LogP contribution is 2.27. The van der Waals surface area contributed by atoms with E-state index in [0.29, 0.717) is 5.69 Å². The molecule has 5 nitrogen and oxygen atoms in total. The molecule has 2 rings (SSSR count). The number of para-hydroxylation sites is 1. The number of rotatable bonds is 4. The Labute approximate surface area is 116 Å². The van der Waals surface area contributed by atoms with Gasteiger partial charge in [-0.25, -0.2) is 4.79 Å². The van der Waals surface area contributed by atoms with E-state index >= 15 is 0 Å². The number of carboxylic acid groups (broad SMARTS) is 1. The van der Waals surface area contributed by atoms with Gasteiger partial charge in [0.2, 0.25) is 5.91 Å². The van der Waals surface area contributed by atoms with Gasteiger partial charge in [-0.2, -0.15) is 0 Å². The van der Waals surface area contributed by atoms with Crippen LogP contribution in [0.4, 0.5) is 17.1 Å². The van der Waals surface area contributed by atoms with E-state index in [1.807, 2.05) is 30.3 Å². The molecule has 0 aliphatic carbocycles. The van der Waals surface area contributed by atoms with E-state index in [1.54, 1.807) is 18.2 Å². The van der Waals surface area contributed by atoms with Crippen LogP contribution in [0.1, 0.15) is 17.3 Å². The molecule has 0 atom stereocenters. The van der Waals surface area contributed by atoms with Gasteiger partial charge in [0.1, 0.15) is 5.56 Å². The fourth-order valence-corrected chi connectivity index (χ4v) is 1.86. The first-order valence-corrected chi connectivity index (χ1v) is 6.04. The lowest BCUT2D eigenvalue weighted by molar-refractivity contribution is -0.114. The van der Waals surface area contributed by atoms with E-state index in [1.165, 1.54) is 6.92 Å². The number of hydrogen-bond donors (Lipinski definition) is 3. The molecule has 0 unspecified atom stereocenters. The molecule has 0 radical (unpaired) electrons. The van der Waals surface area contributed by atoms with Crippen molar-refractivity contribution in [1.82, 2.24) is 0 Å². The fraction of sp³-hybridized carbons (Fsp3) is 0.0667. The highest BCUT2D eigenvalue weighted by Gasteiger charge is 2.16. The summed E-state index contributed by atoms with van der Waals surface area (Å²) in [5, 5.41) is 14.9. The van der Waals surface area contributed by atoms with Gasteiger partial charge in [-0.15, -0.1) is 0 Å². The van der Waals surface area contributed by atoms with Crippen LogP contribution in [0.2, 0.25) is 0 Å². The summed E-state index contributed by atoms with van der Waals surface area (Å²) in [6.07, 6.45) is 0. The maximum absolute atomic E-state index is 11.4. The Morgan fingerprint density at radius 3 is 2.20 bits per heavy atom. The molecule has 0 saturated heterocycles. The number of aromatic carboxylic acids is 1. The zero-order chi connectivity index (χ0) is 14.5. The van der Waals surface area contributed by atoms with Crippen molar-refractivity contribution in [2.45, 2.75) is 6.92 Å². The summed E-state index contributed by atoms with van der Waals surface area (Å²) >= 11 is 0. The summed E-state index contributed by atoms with van der Waals surface area (Å²) in [6.45, 7) is 1.34. The SMILES string of the molecule is CC(=O)Nc1cccc(Nc2ccccc2)c1C(=O)O. The molecule has 5 heteroatoms. The zero-order valence-electron chi connectivity index (χ0n) is 10.9. The number of amides is 1. The summed E-state index contributed by atoms with van der Waals surface area (Å²) < 4.78 is 0. The van der Waals surface area contributed by atoms with Crippen LogP contribution in [-0.4, -0.2) is 17.0 Å². The molecular weight excluding hydrogens is 256 g/mol. The van der Waals surface area contributed by atoms with Crippen LogP contribution in [0.25, 0.3) is 0 Å². The molecule has 0 aliphatic rings. The van der Waals surface area contributed by atoms with E-state index in [9.17, 15) is 14.7 Å². The highest BCUT2D eigenvalue weighted by atomic mass is 16.4. The van der Waals surface area contributed by atoms with E-state index in [-0.39, 0.29) is 17.2 Å². The number of carbonyl (C=O) groups is 2. The lowest BCUT2D eigenvalue weighted by Gasteiger charge is -2.13. The van der Waals surface area contributed by atoms with Crippen LogP contribution in [-0.2, 0) is 4.79 Å². The maximum Gasteiger partial charge on any atom is 0.339 e. The van der Waals surface area contributed by atoms with Gasteiger partial charge in [0.25, 0.3) is 0 Å². The molecule has 1 amide bonds. The van der Waals surface area contributed by atoms with Crippen LogP contribution >= 0.6 is 0 Å². The van der Waals surface area contributed by atoms with Crippen LogP contribution in [0.5, 0.6) is 0 Å². The summed E-state index contributed by atoms with van der Waals surface area (Å²) in [7, 11) is 0. The van der Waals surface area contributed by atoms with Gasteiger partial charge in [0.05, 0.1) is 11.4 Å². The first kappa shape index (κ1) is 13.6. The van der Waals surface area contributed by atoms with Crippen molar-refractivity contribution >= 4 is 28.9 Å². The third-order valence-electron chi connectivity index (χ3n) is 2.64. The summed E-state index contributed by atoms with van der Waals surface area (Å²) in [6, 6.07) is 14.1. The van der Waals surface area contributed by atoms with Crippen molar-refractivity contribution in [2.75, 3.05) is 10.6 Å². The Kier molecular flexibility index (Phi) is 4.00. The van der Waals surface area contributed by atoms with E-state index in [4.69, 9.17) is 0 Å². The van der Waals surface area contributed by atoms with E-state index in [2.05, 4.69) is 10.6 Å². The average molecular weight is 270 g/mol. The maximum atomic E-state index is 11.4. The minimum atomic E-state index is -1.10. The number of anilines is 3. The van der Waals surface area contributed by atoms with Crippen molar-refractivity contribution in [3.63, 3.8) is 0 Å². The molecule has 0 fully saturated rings. The Morgan fingerprint density at radius 2 is 1.60 bits per heavy atom. The van der Waals surface area contributed by atoms with Gasteiger partial charge in [0.15, 0.2) is 0 Å². The predicted molar refractivity (Wildman–Crippen MR) is 77.4 cm³/mol. The lowest BCUT2D eigenvalue weighted by atomic mass is 10.1. The Bertz CT molecular complexity index is 639. The topological polar surface area (TPSA) is 78.4 Å². The van der Waals surface area contributed by atoms with Crippen molar-refractivity contribution in [2.24, 2.45) is 0 Å². The number of hydrogen-bond acceptors (Lipinski definition) is 3. The highest BCUT2D eigenvalue weighted by molar-refractivity contribution is 6.04. The second kappa shape index (κ2) is 5.88. The number of carboxylic acids is 1. The van der Waals surface area contributed by atoms with Crippen molar-refractivity contribution < 1.29 is 14.7 Å². The minimum Gasteiger partial charge on any atom is -0.478 e. The van der Waals surface area contributed by atoms with Crippen molar-refractivity contribution in [3.8, 4) is 0 Å². The standard InChI is InChI=1S/C15H14N2O3/c1-10(18)16-12-8-5-9-13(14(12)15(19)20)17-11-6-3-2-4-7-11/h2-9,17H,1H3,(H,16,18)(H,19,20). The largest absolute Gasteiger partial charge is 0.478 e. The Balaban J connectivity index is 2.42. The number of nitrogens with one attached hydrogen (secondary N) is 2. The summed E-state index contributed by atoms with van der Waals surface area (Å²) in [5.74, 6) is -1.42. The fourth-order valence-electron chi connectivity index (χ4n) is 1.86. The number of carbonyl (C=O) groups excluding carboxylic acids is 1. The molecular formula is C15H14N2O3. The first-order chi connectivity index (χ1) is 9.58. The predicted octanol–water partition coefficient (Wildman–Crippen LogP) is 3.09. The summed E-state index contributed by atoms with van der Waals surface area (Å²) in [4.78, 5) is 22.6. The van der Waals surface area contributed by atoms with Crippen molar-refractivity contribution in [1.29, 1.82) is 0 Å². The Morgan fingerprint density at radius 1 is 0.950 bits per heavy atom. The van der Waals surface area contributed by atoms with Gasteiger partial charge in [-0.1, -0.05) is 24.3 Å². The molecule has 0 aliphatic heterocycles. The molecule has 2 aromatic rings. The second-order valence-corrected chi connectivity index (χ2v) is 4.21. The smallest absolute Gasteiger partial charge is 0.339 e. The van der Waals surface area contributed by atoms with Gasteiger partial charge in [0, 0.05) is 12.6 Å². The van der Waals surface area contributed by atoms with Crippen LogP contribution in [0, 0.1) is 0 Å². The van der Waals surface area contributed by atoms with Crippen molar-refractivity contribution in [3.05, 3.63) is 54.1 Å². The molecule has 0 aromatic heterocycles. The normalized spacial score (nSPS) is 9.85. The molecule has 2 aromatic carbocycles. The molecule has 0 saturated carbocycles. The van der Waals surface area contributed by atoms with Gasteiger partial charge >= 0.3 is 5.97 Å². The summed E-state index contributed by atoms with van der Waals surface area (Å²) in [5.41, 5.74) is 1.50. The number of benzene rings is 2. The molecule has 3 N–H and O–H groups in total. The zero-order valence-corrected chi connectivity index (χ0v) is 10.9. The molecule has 0 bridgehead atoms. The molecule has 20 heavy (non-hydrogen) atoms. The molecule has 102 valence electrons. The monoisotopic (exact) mass is 270 g/mol. The van der Waals surface area contributed by atoms with Gasteiger partial charge < -0.3 is 15.7 Å². The second-order valence-electron chi connectivity index (χ2n) is 4.21. The quantitative estimate of drug-likeness (QED) is 0.797. The molecule has 0 spiro atoms. The first-order valence-electron chi connectivity index (χ1n) is 6.04. The van der Waals surface area contributed by atoms with Gasteiger partial charge in [-0.3, -0.25) is 4.79 Å². The molecule has 0 heterocycles. The Hall–Kier alpha value is -2.82. The van der Waals surface area contributed by atoms with E-state index < -0.39 is 5.97 Å². The lowest BCUT2D eigenvalue weighted by Crippen LogP contribution is -2.12. The van der Waals surface area contributed by atoms with Crippen LogP contribution in [0.15, 0.2) is 48.5 Å². The average Bonchev–Trinajstić information content (AvgIpc) is 2.39. The third-order valence-corrected chi connectivity index (χ3v) is 2.64. The van der Waals surface area contributed by atoms with Gasteiger partial charge in [-0.05, 0) is 24.3 Å². The van der Waals surface area contributed by atoms with Crippen LogP contribution < -0.4 is 10.6 Å². The van der Waals surface area contributed by atoms with Crippen LogP contribution in [0.3, 0.4) is 0 Å². The van der Waals surface area contributed by atoms with E-state index in [0.717, 1.165) is 5.69 Å². The minimum absolute atomic E-state index is 0.0338. The third kappa shape index (κ3) is 3.14.